The molecular weight excluding hydrogens is 1030 g/mol. The normalized spacial score (nSPS) is 12.6. The molecule has 8 rings (SSSR count). The number of carbonyl (C=O) groups is 2. The lowest BCUT2D eigenvalue weighted by atomic mass is 9.85. The third-order valence-electron chi connectivity index (χ3n) is 13.0. The van der Waals surface area contributed by atoms with Crippen molar-refractivity contribution >= 4 is 55.9 Å². The van der Waals surface area contributed by atoms with Crippen molar-refractivity contribution in [2.75, 3.05) is 53.5 Å². The molecule has 13 nitrogen and oxygen atoms in total. The van der Waals surface area contributed by atoms with Crippen LogP contribution >= 0.6 is 0 Å². The predicted molar refractivity (Wildman–Crippen MR) is 291 cm³/mol. The molecule has 0 unspecified atom stereocenters. The SMILES string of the molecule is CNC(=O)CCCNCCOc1ccc(/C(=C(/CC(F)(F)F)c2cccc(-c3cc(/C(=C(/CC(F)(F)F)c4ccccc4)c4ccc5[nH]nc(F)c5c4)ccc3OCCNCCCC(=O)NC)c2)c2ccc3[nH]ncc3c2)cn1. The molecule has 0 atom stereocenters. The van der Waals surface area contributed by atoms with Gasteiger partial charge in [-0.2, -0.15) is 35.8 Å². The van der Waals surface area contributed by atoms with Gasteiger partial charge in [-0.15, -0.1) is 5.10 Å². The number of aromatic amines is 2. The maximum Gasteiger partial charge on any atom is 0.393 e. The van der Waals surface area contributed by atoms with E-state index in [0.29, 0.717) is 90.5 Å². The van der Waals surface area contributed by atoms with Gasteiger partial charge in [-0.05, 0) is 130 Å². The first kappa shape index (κ1) is 56.8. The topological polar surface area (TPSA) is 171 Å². The van der Waals surface area contributed by atoms with E-state index in [-0.39, 0.29) is 86.6 Å². The highest BCUT2D eigenvalue weighted by Crippen LogP contribution is 2.45. The summed E-state index contributed by atoms with van der Waals surface area (Å²) in [7, 11) is 3.13. The molecule has 20 heteroatoms. The summed E-state index contributed by atoms with van der Waals surface area (Å²) < 4.78 is 118. The number of hydrogen-bond donors (Lipinski definition) is 6. The minimum atomic E-state index is -4.73. The van der Waals surface area contributed by atoms with Crippen LogP contribution in [0.5, 0.6) is 11.6 Å². The van der Waals surface area contributed by atoms with Crippen LogP contribution in [0.15, 0.2) is 134 Å². The zero-order valence-corrected chi connectivity index (χ0v) is 43.3. The van der Waals surface area contributed by atoms with Gasteiger partial charge >= 0.3 is 12.4 Å². The number of hydrogen-bond acceptors (Lipinski definition) is 9. The highest BCUT2D eigenvalue weighted by Gasteiger charge is 2.34. The monoisotopic (exact) mass is 1090 g/mol. The number of rotatable bonds is 25. The van der Waals surface area contributed by atoms with E-state index < -0.39 is 31.1 Å². The summed E-state index contributed by atoms with van der Waals surface area (Å²) in [6.45, 7) is 2.19. The van der Waals surface area contributed by atoms with Crippen molar-refractivity contribution in [1.29, 1.82) is 0 Å². The van der Waals surface area contributed by atoms with Gasteiger partial charge in [-0.1, -0.05) is 66.7 Å². The zero-order valence-electron chi connectivity index (χ0n) is 43.3. The predicted octanol–water partition coefficient (Wildman–Crippen LogP) is 11.5. The Morgan fingerprint density at radius 3 is 1.82 bits per heavy atom. The molecule has 3 heterocycles. The molecule has 0 saturated carbocycles. The molecule has 6 N–H and O–H groups in total. The Kier molecular flexibility index (Phi) is 18.9. The number of carbonyl (C=O) groups excluding carboxylic acids is 2. The molecule has 412 valence electrons. The van der Waals surface area contributed by atoms with Crippen molar-refractivity contribution in [2.45, 2.75) is 50.9 Å². The number of pyridine rings is 1. The number of halogens is 7. The summed E-state index contributed by atoms with van der Waals surface area (Å²) >= 11 is 0. The lowest BCUT2D eigenvalue weighted by Gasteiger charge is -2.22. The number of H-pyrrole nitrogens is 2. The van der Waals surface area contributed by atoms with Crippen LogP contribution in [0.4, 0.5) is 30.7 Å². The van der Waals surface area contributed by atoms with Gasteiger partial charge in [0, 0.05) is 68.8 Å². The molecule has 0 saturated heterocycles. The van der Waals surface area contributed by atoms with Gasteiger partial charge < -0.3 is 30.7 Å². The summed E-state index contributed by atoms with van der Waals surface area (Å²) in [6, 6.07) is 32.3. The highest BCUT2D eigenvalue weighted by atomic mass is 19.4. The molecule has 0 aliphatic carbocycles. The van der Waals surface area contributed by atoms with E-state index in [1.807, 2.05) is 0 Å². The Labute approximate surface area is 451 Å². The number of aromatic nitrogens is 5. The molecule has 0 aliphatic rings. The van der Waals surface area contributed by atoms with Gasteiger partial charge in [-0.25, -0.2) is 4.98 Å². The van der Waals surface area contributed by atoms with Gasteiger partial charge in [0.2, 0.25) is 23.6 Å². The van der Waals surface area contributed by atoms with Crippen LogP contribution in [0.2, 0.25) is 0 Å². The van der Waals surface area contributed by atoms with Gasteiger partial charge in [0.05, 0.1) is 35.5 Å². The van der Waals surface area contributed by atoms with Crippen molar-refractivity contribution in [2.24, 2.45) is 0 Å². The van der Waals surface area contributed by atoms with Gasteiger partial charge in [0.1, 0.15) is 19.0 Å². The minimum Gasteiger partial charge on any atom is -0.492 e. The molecule has 0 radical (unpaired) electrons. The standard InChI is InChI=1S/C59H58F7N9O4/c1-67-52(76)13-7-23-69-25-27-78-51-21-17-42(55(41-16-20-50-46(32-41)57(60)75-74-50)47(33-58(61,62)63)37-9-4-3-5-10-37)31-45(51)38-11-6-12-39(29-38)48(34-59(64,65)66)56(40-15-19-49-44(30-40)36-72-73-49)43-18-22-54(71-35-43)79-28-26-70-24-8-14-53(77)68-2/h3-6,9-12,15-22,29-32,35-36,69-70H,7-8,13-14,23-28,33-34H2,1-2H3,(H,67,76)(H,68,77)(H,72,73)(H,74,75)/b55-47-,56-48-. The zero-order chi connectivity index (χ0) is 55.9. The average Bonchev–Trinajstić information content (AvgIpc) is 4.17. The fourth-order valence-corrected chi connectivity index (χ4v) is 9.21. The van der Waals surface area contributed by atoms with Crippen LogP contribution in [0.3, 0.4) is 0 Å². The quantitative estimate of drug-likeness (QED) is 0.0185. The Morgan fingerprint density at radius 1 is 0.570 bits per heavy atom. The van der Waals surface area contributed by atoms with Crippen LogP contribution in [-0.4, -0.2) is 103 Å². The maximum absolute atomic E-state index is 15.2. The summed E-state index contributed by atoms with van der Waals surface area (Å²) in [6.07, 6.45) is -7.29. The number of ether oxygens (including phenoxy) is 2. The Bertz CT molecular complexity index is 3430. The lowest BCUT2D eigenvalue weighted by molar-refractivity contribution is -0.123. The summed E-state index contributed by atoms with van der Waals surface area (Å²) in [5.41, 5.74) is 3.54. The van der Waals surface area contributed by atoms with Crippen molar-refractivity contribution in [3.05, 3.63) is 173 Å². The number of amides is 2. The third-order valence-corrected chi connectivity index (χ3v) is 13.0. The first-order chi connectivity index (χ1) is 38.1. The second-order valence-electron chi connectivity index (χ2n) is 18.5. The first-order valence-electron chi connectivity index (χ1n) is 25.6. The van der Waals surface area contributed by atoms with Crippen molar-refractivity contribution < 1.29 is 49.8 Å². The molecule has 0 spiro atoms. The molecule has 0 aliphatic heterocycles. The second-order valence-corrected chi connectivity index (χ2v) is 18.5. The maximum atomic E-state index is 15.2. The van der Waals surface area contributed by atoms with Crippen LogP contribution in [0.1, 0.15) is 71.9 Å². The highest BCUT2D eigenvalue weighted by molar-refractivity contribution is 6.03. The molecule has 0 fully saturated rings. The molecule has 3 aromatic heterocycles. The number of alkyl halides is 6. The molecule has 79 heavy (non-hydrogen) atoms. The number of nitrogens with one attached hydrogen (secondary N) is 6. The Hall–Kier alpha value is -8.36. The van der Waals surface area contributed by atoms with E-state index in [1.54, 1.807) is 129 Å². The van der Waals surface area contributed by atoms with Gasteiger partial charge in [-0.3, -0.25) is 19.8 Å². The van der Waals surface area contributed by atoms with Gasteiger partial charge in [0.15, 0.2) is 0 Å². The molecule has 5 aromatic carbocycles. The van der Waals surface area contributed by atoms with Crippen LogP contribution in [-0.2, 0) is 9.59 Å². The molecule has 8 aromatic rings. The average molecular weight is 1090 g/mol. The number of allylic oxidation sites excluding steroid dienone is 2. The van der Waals surface area contributed by atoms with E-state index in [0.717, 1.165) is 0 Å². The smallest absolute Gasteiger partial charge is 0.393 e. The van der Waals surface area contributed by atoms with Crippen LogP contribution < -0.4 is 30.7 Å². The second kappa shape index (κ2) is 26.3. The summed E-state index contributed by atoms with van der Waals surface area (Å²) in [5.74, 6) is -0.507. The third kappa shape index (κ3) is 15.4. The number of benzene rings is 5. The lowest BCUT2D eigenvalue weighted by Crippen LogP contribution is -2.24. The van der Waals surface area contributed by atoms with E-state index in [9.17, 15) is 22.8 Å². The number of fused-ring (bicyclic) bond motifs is 2. The summed E-state index contributed by atoms with van der Waals surface area (Å²) in [5, 5.41) is 25.6. The number of nitrogens with zero attached hydrogens (tertiary/aromatic N) is 3. The first-order valence-corrected chi connectivity index (χ1v) is 25.6. The fraction of sp³-hybridized carbons (Fsp3) is 0.271. The summed E-state index contributed by atoms with van der Waals surface area (Å²) in [4.78, 5) is 27.9. The van der Waals surface area contributed by atoms with Crippen LogP contribution in [0.25, 0.3) is 55.2 Å². The largest absolute Gasteiger partial charge is 0.492 e. The van der Waals surface area contributed by atoms with E-state index in [1.165, 1.54) is 18.3 Å². The van der Waals surface area contributed by atoms with Crippen molar-refractivity contribution in [3.8, 4) is 22.8 Å². The molecular formula is C59H58F7N9O4. The van der Waals surface area contributed by atoms with E-state index in [2.05, 4.69) is 46.6 Å². The fourth-order valence-electron chi connectivity index (χ4n) is 9.21. The van der Waals surface area contributed by atoms with E-state index in [4.69, 9.17) is 9.47 Å². The Balaban J connectivity index is 1.26. The van der Waals surface area contributed by atoms with E-state index >= 15 is 17.6 Å². The van der Waals surface area contributed by atoms with Crippen molar-refractivity contribution in [1.82, 2.24) is 46.6 Å². The molecule has 0 bridgehead atoms. The Morgan fingerprint density at radius 2 is 1.16 bits per heavy atom. The van der Waals surface area contributed by atoms with Gasteiger partial charge in [0.25, 0.3) is 0 Å². The van der Waals surface area contributed by atoms with Crippen LogP contribution in [0, 0.1) is 5.95 Å². The van der Waals surface area contributed by atoms with Crippen molar-refractivity contribution in [3.63, 3.8) is 0 Å². The molecule has 2 amide bonds. The minimum absolute atomic E-state index is 0.0498.